The van der Waals surface area contributed by atoms with Gasteiger partial charge in [0.1, 0.15) is 5.78 Å². The van der Waals surface area contributed by atoms with Gasteiger partial charge < -0.3 is 5.32 Å². The maximum atomic E-state index is 11.8. The second kappa shape index (κ2) is 6.49. The summed E-state index contributed by atoms with van der Waals surface area (Å²) in [4.78, 5) is 36.4. The van der Waals surface area contributed by atoms with E-state index in [0.29, 0.717) is 26.1 Å². The fourth-order valence-corrected chi connectivity index (χ4v) is 1.98. The van der Waals surface area contributed by atoms with Crippen LogP contribution in [0.15, 0.2) is 0 Å². The molecule has 6 nitrogen and oxygen atoms in total. The van der Waals surface area contributed by atoms with Crippen molar-refractivity contribution in [2.45, 2.75) is 33.2 Å². The highest BCUT2D eigenvalue weighted by Crippen LogP contribution is 2.14. The Labute approximate surface area is 107 Å². The topological polar surface area (TPSA) is 78.5 Å². The molecule has 1 aliphatic heterocycles. The lowest BCUT2D eigenvalue weighted by Crippen LogP contribution is -2.53. The highest BCUT2D eigenvalue weighted by atomic mass is 16.2. The summed E-state index contributed by atoms with van der Waals surface area (Å²) in [5.41, 5.74) is 0. The second-order valence-corrected chi connectivity index (χ2v) is 4.64. The van der Waals surface area contributed by atoms with Crippen LogP contribution in [-0.2, 0) is 9.59 Å². The summed E-state index contributed by atoms with van der Waals surface area (Å²) in [5.74, 6) is -0.136. The number of amides is 3. The average Bonchev–Trinajstić information content (AvgIpc) is 2.32. The zero-order valence-electron chi connectivity index (χ0n) is 11.2. The number of ketones is 1. The van der Waals surface area contributed by atoms with Gasteiger partial charge in [-0.25, -0.2) is 4.79 Å². The van der Waals surface area contributed by atoms with Gasteiger partial charge in [-0.1, -0.05) is 6.92 Å². The molecule has 0 bridgehead atoms. The van der Waals surface area contributed by atoms with Crippen LogP contribution in [0, 0.1) is 5.92 Å². The molecular formula is C12H21N3O3. The molecule has 102 valence electrons. The van der Waals surface area contributed by atoms with Gasteiger partial charge >= 0.3 is 6.03 Å². The molecule has 1 heterocycles. The number of nitrogens with zero attached hydrogens (tertiary/aromatic N) is 1. The molecule has 1 fully saturated rings. The number of carbonyl (C=O) groups excluding carboxylic acids is 3. The molecule has 1 rings (SSSR count). The minimum atomic E-state index is -0.476. The van der Waals surface area contributed by atoms with Gasteiger partial charge in [-0.15, -0.1) is 0 Å². The molecule has 0 saturated carbocycles. The van der Waals surface area contributed by atoms with Crippen LogP contribution in [0.1, 0.15) is 27.2 Å². The zero-order chi connectivity index (χ0) is 13.7. The Bertz CT molecular complexity index is 343. The summed E-state index contributed by atoms with van der Waals surface area (Å²) in [6.45, 7) is 7.02. The fraction of sp³-hybridized carbons (Fsp3) is 0.750. The van der Waals surface area contributed by atoms with E-state index in [2.05, 4.69) is 10.6 Å². The van der Waals surface area contributed by atoms with Crippen molar-refractivity contribution in [2.75, 3.05) is 19.6 Å². The van der Waals surface area contributed by atoms with E-state index in [4.69, 9.17) is 0 Å². The van der Waals surface area contributed by atoms with Crippen LogP contribution in [0.5, 0.6) is 0 Å². The highest BCUT2D eigenvalue weighted by Gasteiger charge is 2.30. The van der Waals surface area contributed by atoms with Crippen LogP contribution >= 0.6 is 0 Å². The number of rotatable bonds is 3. The summed E-state index contributed by atoms with van der Waals surface area (Å²) in [7, 11) is 0. The molecule has 2 N–H and O–H groups in total. The third-order valence-corrected chi connectivity index (χ3v) is 3.20. The highest BCUT2D eigenvalue weighted by molar-refractivity contribution is 5.96. The van der Waals surface area contributed by atoms with Crippen LogP contribution < -0.4 is 10.6 Å². The SMILES string of the molecule is CCNC(=O)NC(=O)C(C)N1CCC(=O)C(C)C1. The third kappa shape index (κ3) is 3.80. The van der Waals surface area contributed by atoms with Crippen molar-refractivity contribution in [1.29, 1.82) is 0 Å². The number of nitrogens with one attached hydrogen (secondary N) is 2. The van der Waals surface area contributed by atoms with Crippen molar-refractivity contribution in [3.05, 3.63) is 0 Å². The lowest BCUT2D eigenvalue weighted by Gasteiger charge is -2.33. The molecule has 2 unspecified atom stereocenters. The van der Waals surface area contributed by atoms with Crippen molar-refractivity contribution in [3.63, 3.8) is 0 Å². The summed E-state index contributed by atoms with van der Waals surface area (Å²) >= 11 is 0. The van der Waals surface area contributed by atoms with Gasteiger partial charge in [0, 0.05) is 32.0 Å². The summed E-state index contributed by atoms with van der Waals surface area (Å²) in [5, 5.41) is 4.79. The molecule has 18 heavy (non-hydrogen) atoms. The number of imide groups is 1. The Morgan fingerprint density at radius 1 is 1.50 bits per heavy atom. The number of likely N-dealkylation sites (tertiary alicyclic amines) is 1. The molecule has 2 atom stereocenters. The number of Topliss-reactive ketones (excluding diaryl/α,β-unsaturated/α-hetero) is 1. The average molecular weight is 255 g/mol. The van der Waals surface area contributed by atoms with Gasteiger partial charge in [0.05, 0.1) is 6.04 Å². The Hall–Kier alpha value is -1.43. The smallest absolute Gasteiger partial charge is 0.321 e. The predicted octanol–water partition coefficient (Wildman–Crippen LogP) is 0.132. The standard InChI is InChI=1S/C12H21N3O3/c1-4-13-12(18)14-11(17)9(3)15-6-5-10(16)8(2)7-15/h8-9H,4-7H2,1-3H3,(H2,13,14,17,18). The van der Waals surface area contributed by atoms with Crippen molar-refractivity contribution >= 4 is 17.7 Å². The molecular weight excluding hydrogens is 234 g/mol. The van der Waals surface area contributed by atoms with E-state index in [-0.39, 0.29) is 17.6 Å². The lowest BCUT2D eigenvalue weighted by molar-refractivity contribution is -0.131. The van der Waals surface area contributed by atoms with Gasteiger partial charge in [0.2, 0.25) is 5.91 Å². The Morgan fingerprint density at radius 3 is 2.72 bits per heavy atom. The predicted molar refractivity (Wildman–Crippen MR) is 67.0 cm³/mol. The van der Waals surface area contributed by atoms with E-state index in [1.165, 1.54) is 0 Å². The number of carbonyl (C=O) groups is 3. The molecule has 0 aromatic heterocycles. The first kappa shape index (κ1) is 14.6. The molecule has 3 amide bonds. The maximum Gasteiger partial charge on any atom is 0.321 e. The Balaban J connectivity index is 2.48. The van der Waals surface area contributed by atoms with Gasteiger partial charge in [0.25, 0.3) is 0 Å². The number of hydrogen-bond acceptors (Lipinski definition) is 4. The first-order chi connectivity index (χ1) is 8.45. The van der Waals surface area contributed by atoms with E-state index < -0.39 is 12.1 Å². The van der Waals surface area contributed by atoms with Crippen molar-refractivity contribution in [3.8, 4) is 0 Å². The van der Waals surface area contributed by atoms with E-state index >= 15 is 0 Å². The van der Waals surface area contributed by atoms with E-state index in [0.717, 1.165) is 0 Å². The van der Waals surface area contributed by atoms with E-state index in [9.17, 15) is 14.4 Å². The van der Waals surface area contributed by atoms with Gasteiger partial charge in [0.15, 0.2) is 0 Å². The van der Waals surface area contributed by atoms with Gasteiger partial charge in [-0.3, -0.25) is 19.8 Å². The molecule has 0 aromatic rings. The Morgan fingerprint density at radius 2 is 2.17 bits per heavy atom. The monoisotopic (exact) mass is 255 g/mol. The van der Waals surface area contributed by atoms with Crippen LogP contribution in [-0.4, -0.2) is 48.3 Å². The van der Waals surface area contributed by atoms with Gasteiger partial charge in [-0.2, -0.15) is 0 Å². The number of urea groups is 1. The van der Waals surface area contributed by atoms with Crippen molar-refractivity contribution in [2.24, 2.45) is 5.92 Å². The van der Waals surface area contributed by atoms with Crippen LogP contribution in [0.3, 0.4) is 0 Å². The normalized spacial score (nSPS) is 22.4. The van der Waals surface area contributed by atoms with E-state index in [1.54, 1.807) is 13.8 Å². The molecule has 1 aliphatic rings. The quantitative estimate of drug-likeness (QED) is 0.751. The third-order valence-electron chi connectivity index (χ3n) is 3.20. The Kier molecular flexibility index (Phi) is 5.27. The van der Waals surface area contributed by atoms with E-state index in [1.807, 2.05) is 11.8 Å². The van der Waals surface area contributed by atoms with Crippen molar-refractivity contribution in [1.82, 2.24) is 15.5 Å². The maximum absolute atomic E-state index is 11.8. The largest absolute Gasteiger partial charge is 0.338 e. The first-order valence-electron chi connectivity index (χ1n) is 6.31. The van der Waals surface area contributed by atoms with Crippen LogP contribution in [0.4, 0.5) is 4.79 Å². The fourth-order valence-electron chi connectivity index (χ4n) is 1.98. The molecule has 0 aromatic carbocycles. The molecule has 0 aliphatic carbocycles. The number of piperidine rings is 1. The van der Waals surface area contributed by atoms with Crippen molar-refractivity contribution < 1.29 is 14.4 Å². The lowest BCUT2D eigenvalue weighted by atomic mass is 9.97. The summed E-state index contributed by atoms with van der Waals surface area (Å²) in [6, 6.07) is -0.876. The number of hydrogen-bond donors (Lipinski definition) is 2. The molecule has 1 saturated heterocycles. The van der Waals surface area contributed by atoms with Crippen LogP contribution in [0.25, 0.3) is 0 Å². The summed E-state index contributed by atoms with van der Waals surface area (Å²) in [6.07, 6.45) is 0.472. The van der Waals surface area contributed by atoms with Crippen LogP contribution in [0.2, 0.25) is 0 Å². The zero-order valence-corrected chi connectivity index (χ0v) is 11.2. The minimum Gasteiger partial charge on any atom is -0.338 e. The minimum absolute atomic E-state index is 0.0431. The summed E-state index contributed by atoms with van der Waals surface area (Å²) < 4.78 is 0. The second-order valence-electron chi connectivity index (χ2n) is 4.64. The van der Waals surface area contributed by atoms with Gasteiger partial charge in [-0.05, 0) is 13.8 Å². The molecule has 0 spiro atoms. The first-order valence-corrected chi connectivity index (χ1v) is 6.31. The molecule has 6 heteroatoms. The molecule has 0 radical (unpaired) electrons.